The number of ether oxygens (including phenoxy) is 1. The number of rotatable bonds is 5. The van der Waals surface area contributed by atoms with Gasteiger partial charge in [-0.2, -0.15) is 0 Å². The molecule has 0 aliphatic rings. The summed E-state index contributed by atoms with van der Waals surface area (Å²) in [5.74, 6) is 0.873. The zero-order chi connectivity index (χ0) is 10.4. The number of hydrogen-bond acceptors (Lipinski definition) is 3. The Morgan fingerprint density at radius 1 is 1.43 bits per heavy atom. The molecule has 0 amide bonds. The van der Waals surface area contributed by atoms with Gasteiger partial charge in [-0.15, -0.1) is 0 Å². The van der Waals surface area contributed by atoms with E-state index in [2.05, 4.69) is 0 Å². The Kier molecular flexibility index (Phi) is 4.43. The first-order valence-corrected chi connectivity index (χ1v) is 4.96. The molecule has 0 spiro atoms. The fourth-order valence-corrected chi connectivity index (χ4v) is 1.35. The lowest BCUT2D eigenvalue weighted by Crippen LogP contribution is -2.15. The molecule has 0 saturated heterocycles. The van der Waals surface area contributed by atoms with E-state index in [1.807, 2.05) is 31.2 Å². The summed E-state index contributed by atoms with van der Waals surface area (Å²) >= 11 is 0. The molecule has 14 heavy (non-hydrogen) atoms. The van der Waals surface area contributed by atoms with E-state index >= 15 is 0 Å². The number of hydrogen-bond donors (Lipinski definition) is 2. The van der Waals surface area contributed by atoms with E-state index < -0.39 is 0 Å². The summed E-state index contributed by atoms with van der Waals surface area (Å²) in [6.07, 6.45) is 0.801. The van der Waals surface area contributed by atoms with Crippen LogP contribution in [0, 0.1) is 0 Å². The van der Waals surface area contributed by atoms with E-state index in [-0.39, 0.29) is 6.04 Å². The van der Waals surface area contributed by atoms with Crippen molar-refractivity contribution in [2.75, 3.05) is 13.2 Å². The monoisotopic (exact) mass is 194 g/mol. The highest BCUT2D eigenvalue weighted by Gasteiger charge is 2.05. The fourth-order valence-electron chi connectivity index (χ4n) is 1.35. The van der Waals surface area contributed by atoms with Crippen molar-refractivity contribution in [3.05, 3.63) is 29.8 Å². The van der Waals surface area contributed by atoms with E-state index in [1.54, 1.807) is 0 Å². The molecule has 0 aromatic heterocycles. The normalized spacial score (nSPS) is 12.5. The third-order valence-electron chi connectivity index (χ3n) is 2.07. The van der Waals surface area contributed by atoms with Crippen LogP contribution in [0.4, 0.5) is 0 Å². The van der Waals surface area contributed by atoms with Gasteiger partial charge in [0, 0.05) is 6.04 Å². The highest BCUT2D eigenvalue weighted by molar-refractivity contribution is 5.30. The van der Waals surface area contributed by atoms with E-state index in [0.717, 1.165) is 17.7 Å². The Morgan fingerprint density at radius 2 is 2.21 bits per heavy atom. The second kappa shape index (κ2) is 5.62. The maximum atomic E-state index is 5.94. The quantitative estimate of drug-likeness (QED) is 0.745. The first-order valence-electron chi connectivity index (χ1n) is 4.96. The summed E-state index contributed by atoms with van der Waals surface area (Å²) in [5, 5.41) is 0. The van der Waals surface area contributed by atoms with Crippen LogP contribution in [0.3, 0.4) is 0 Å². The molecule has 3 nitrogen and oxygen atoms in total. The summed E-state index contributed by atoms with van der Waals surface area (Å²) in [5.41, 5.74) is 12.5. The van der Waals surface area contributed by atoms with Crippen LogP contribution < -0.4 is 16.2 Å². The molecule has 0 unspecified atom stereocenters. The first-order chi connectivity index (χ1) is 6.77. The van der Waals surface area contributed by atoms with Crippen LogP contribution in [0.5, 0.6) is 5.75 Å². The van der Waals surface area contributed by atoms with Gasteiger partial charge in [-0.05, 0) is 37.6 Å². The molecule has 0 aliphatic carbocycles. The van der Waals surface area contributed by atoms with Crippen LogP contribution in [0.2, 0.25) is 0 Å². The largest absolute Gasteiger partial charge is 0.494 e. The molecule has 0 saturated carbocycles. The first kappa shape index (κ1) is 11.0. The third kappa shape index (κ3) is 3.01. The maximum Gasteiger partial charge on any atom is 0.119 e. The van der Waals surface area contributed by atoms with Crippen LogP contribution in [0.15, 0.2) is 24.3 Å². The van der Waals surface area contributed by atoms with E-state index in [1.165, 1.54) is 0 Å². The van der Waals surface area contributed by atoms with Gasteiger partial charge >= 0.3 is 0 Å². The van der Waals surface area contributed by atoms with Crippen molar-refractivity contribution in [2.45, 2.75) is 19.4 Å². The SMILES string of the molecule is CCOc1cccc([C@@H](N)CCN)c1. The van der Waals surface area contributed by atoms with Gasteiger partial charge in [0.05, 0.1) is 6.61 Å². The van der Waals surface area contributed by atoms with Gasteiger partial charge in [0.15, 0.2) is 0 Å². The minimum absolute atomic E-state index is 0.0143. The van der Waals surface area contributed by atoms with E-state index in [0.29, 0.717) is 13.2 Å². The summed E-state index contributed by atoms with van der Waals surface area (Å²) in [6, 6.07) is 7.88. The minimum atomic E-state index is 0.0143. The van der Waals surface area contributed by atoms with Crippen LogP contribution >= 0.6 is 0 Å². The van der Waals surface area contributed by atoms with Gasteiger partial charge in [-0.1, -0.05) is 12.1 Å². The lowest BCUT2D eigenvalue weighted by atomic mass is 10.0. The van der Waals surface area contributed by atoms with Crippen LogP contribution in [0.25, 0.3) is 0 Å². The maximum absolute atomic E-state index is 5.94. The summed E-state index contributed by atoms with van der Waals surface area (Å²) < 4.78 is 5.39. The molecule has 3 heteroatoms. The zero-order valence-electron chi connectivity index (χ0n) is 8.57. The molecule has 4 N–H and O–H groups in total. The van der Waals surface area contributed by atoms with Crippen LogP contribution in [-0.2, 0) is 0 Å². The molecular formula is C11H18N2O. The molecule has 78 valence electrons. The highest BCUT2D eigenvalue weighted by atomic mass is 16.5. The van der Waals surface area contributed by atoms with Crippen molar-refractivity contribution < 1.29 is 4.74 Å². The Hall–Kier alpha value is -1.06. The van der Waals surface area contributed by atoms with Gasteiger partial charge in [0.2, 0.25) is 0 Å². The second-order valence-corrected chi connectivity index (χ2v) is 3.19. The average molecular weight is 194 g/mol. The van der Waals surface area contributed by atoms with E-state index in [9.17, 15) is 0 Å². The molecule has 1 atom stereocenters. The van der Waals surface area contributed by atoms with Crippen molar-refractivity contribution in [1.82, 2.24) is 0 Å². The van der Waals surface area contributed by atoms with E-state index in [4.69, 9.17) is 16.2 Å². The zero-order valence-corrected chi connectivity index (χ0v) is 8.57. The molecule has 0 fully saturated rings. The summed E-state index contributed by atoms with van der Waals surface area (Å²) in [4.78, 5) is 0. The minimum Gasteiger partial charge on any atom is -0.494 e. The second-order valence-electron chi connectivity index (χ2n) is 3.19. The third-order valence-corrected chi connectivity index (χ3v) is 2.07. The predicted molar refractivity (Wildman–Crippen MR) is 58.2 cm³/mol. The standard InChI is InChI=1S/C11H18N2O/c1-2-14-10-5-3-4-9(8-10)11(13)6-7-12/h3-5,8,11H,2,6-7,12-13H2,1H3/t11-/m0/s1. The Bertz CT molecular complexity index is 276. The van der Waals surface area contributed by atoms with Gasteiger partial charge < -0.3 is 16.2 Å². The molecular weight excluding hydrogens is 176 g/mol. The van der Waals surface area contributed by atoms with Crippen molar-refractivity contribution in [2.24, 2.45) is 11.5 Å². The molecule has 1 rings (SSSR count). The van der Waals surface area contributed by atoms with Gasteiger partial charge in [0.1, 0.15) is 5.75 Å². The Labute approximate surface area is 85.0 Å². The fraction of sp³-hybridized carbons (Fsp3) is 0.455. The molecule has 0 bridgehead atoms. The predicted octanol–water partition coefficient (Wildman–Crippen LogP) is 1.43. The van der Waals surface area contributed by atoms with Crippen LogP contribution in [0.1, 0.15) is 24.9 Å². The van der Waals surface area contributed by atoms with Crippen LogP contribution in [-0.4, -0.2) is 13.2 Å². The molecule has 0 aliphatic heterocycles. The molecule has 0 heterocycles. The van der Waals surface area contributed by atoms with Crippen molar-refractivity contribution in [3.8, 4) is 5.75 Å². The molecule has 1 aromatic rings. The van der Waals surface area contributed by atoms with Crippen molar-refractivity contribution in [1.29, 1.82) is 0 Å². The topological polar surface area (TPSA) is 61.3 Å². The number of benzene rings is 1. The molecule has 0 radical (unpaired) electrons. The average Bonchev–Trinajstić information content (AvgIpc) is 2.19. The highest BCUT2D eigenvalue weighted by Crippen LogP contribution is 2.19. The Morgan fingerprint density at radius 3 is 2.86 bits per heavy atom. The Balaban J connectivity index is 2.71. The number of nitrogens with two attached hydrogens (primary N) is 2. The van der Waals surface area contributed by atoms with Gasteiger partial charge in [-0.3, -0.25) is 0 Å². The van der Waals surface area contributed by atoms with Gasteiger partial charge in [-0.25, -0.2) is 0 Å². The van der Waals surface area contributed by atoms with Crippen molar-refractivity contribution >= 4 is 0 Å². The smallest absolute Gasteiger partial charge is 0.119 e. The molecule has 1 aromatic carbocycles. The summed E-state index contributed by atoms with van der Waals surface area (Å²) in [7, 11) is 0. The van der Waals surface area contributed by atoms with Gasteiger partial charge in [0.25, 0.3) is 0 Å². The lowest BCUT2D eigenvalue weighted by molar-refractivity contribution is 0.339. The summed E-state index contributed by atoms with van der Waals surface area (Å²) in [6.45, 7) is 3.25. The van der Waals surface area contributed by atoms with Crippen molar-refractivity contribution in [3.63, 3.8) is 0 Å². The lowest BCUT2D eigenvalue weighted by Gasteiger charge is -2.12.